The maximum atomic E-state index is 13.1. The van der Waals surface area contributed by atoms with Crippen molar-refractivity contribution in [1.29, 1.82) is 5.26 Å². The van der Waals surface area contributed by atoms with E-state index in [0.29, 0.717) is 17.1 Å². The molecule has 0 saturated carbocycles. The highest BCUT2D eigenvalue weighted by Crippen LogP contribution is 2.19. The summed E-state index contributed by atoms with van der Waals surface area (Å²) >= 11 is 0. The van der Waals surface area contributed by atoms with Crippen molar-refractivity contribution in [3.8, 4) is 17.5 Å². The molecule has 2 rings (SSSR count). The third kappa shape index (κ3) is 2.37. The van der Waals surface area contributed by atoms with E-state index in [1.165, 1.54) is 6.07 Å². The van der Waals surface area contributed by atoms with Crippen LogP contribution in [0.2, 0.25) is 0 Å². The van der Waals surface area contributed by atoms with Crippen molar-refractivity contribution in [3.63, 3.8) is 0 Å². The molecule has 0 spiro atoms. The highest BCUT2D eigenvalue weighted by molar-refractivity contribution is 5.60. The molecule has 17 heavy (non-hydrogen) atoms. The number of rotatable bonds is 2. The summed E-state index contributed by atoms with van der Waals surface area (Å²) in [6.07, 6.45) is 1.76. The van der Waals surface area contributed by atoms with Gasteiger partial charge >= 0.3 is 0 Å². The molecule has 1 heterocycles. The van der Waals surface area contributed by atoms with Gasteiger partial charge in [0, 0.05) is 5.56 Å². The van der Waals surface area contributed by atoms with E-state index in [4.69, 9.17) is 5.26 Å². The largest absolute Gasteiger partial charge is 0.275 e. The minimum atomic E-state index is -0.246. The lowest BCUT2D eigenvalue weighted by atomic mass is 10.1. The number of nitriles is 1. The molecule has 0 saturated heterocycles. The van der Waals surface area contributed by atoms with Crippen molar-refractivity contribution < 1.29 is 4.39 Å². The Kier molecular flexibility index (Phi) is 2.97. The maximum Gasteiger partial charge on any atom is 0.182 e. The molecule has 5 heteroatoms. The third-order valence-electron chi connectivity index (χ3n) is 2.30. The van der Waals surface area contributed by atoms with Gasteiger partial charge in [-0.25, -0.2) is 4.39 Å². The second-order valence-electron chi connectivity index (χ2n) is 3.50. The Labute approximate surface area is 97.7 Å². The Hall–Kier alpha value is -2.48. The number of hydrogen-bond acceptors (Lipinski definition) is 4. The summed E-state index contributed by atoms with van der Waals surface area (Å²) in [6.45, 7) is 1.69. The predicted octanol–water partition coefficient (Wildman–Crippen LogP) is 2.48. The molecule has 0 unspecified atom stereocenters. The van der Waals surface area contributed by atoms with Gasteiger partial charge in [0.1, 0.15) is 5.82 Å². The minimum absolute atomic E-state index is 0.246. The molecule has 0 amide bonds. The fourth-order valence-corrected chi connectivity index (χ4v) is 1.41. The van der Waals surface area contributed by atoms with Crippen molar-refractivity contribution in [1.82, 2.24) is 10.2 Å². The number of halogens is 1. The number of nitrogens with one attached hydrogen (secondary N) is 1. The van der Waals surface area contributed by atoms with E-state index in [9.17, 15) is 4.39 Å². The molecule has 0 bridgehead atoms. The summed E-state index contributed by atoms with van der Waals surface area (Å²) < 4.78 is 13.1. The van der Waals surface area contributed by atoms with E-state index in [2.05, 4.69) is 15.5 Å². The molecular formula is C12H9FN4. The van der Waals surface area contributed by atoms with E-state index >= 15 is 0 Å². The molecule has 0 aliphatic rings. The van der Waals surface area contributed by atoms with Crippen molar-refractivity contribution >= 4 is 5.82 Å². The quantitative estimate of drug-likeness (QED) is 0.633. The normalized spacial score (nSPS) is 9.71. The molecule has 0 radical (unpaired) electrons. The molecule has 0 atom stereocenters. The van der Waals surface area contributed by atoms with Gasteiger partial charge in [-0.05, 0) is 42.8 Å². The van der Waals surface area contributed by atoms with Crippen LogP contribution >= 0.6 is 0 Å². The summed E-state index contributed by atoms with van der Waals surface area (Å²) in [5, 5.41) is 18.6. The molecular weight excluding hydrogens is 219 g/mol. The van der Waals surface area contributed by atoms with Gasteiger partial charge in [-0.2, -0.15) is 5.26 Å². The van der Waals surface area contributed by atoms with Crippen LogP contribution in [0.5, 0.6) is 0 Å². The van der Waals surface area contributed by atoms with Crippen LogP contribution in [0, 0.1) is 24.2 Å². The summed E-state index contributed by atoms with van der Waals surface area (Å²) in [5.74, 6) is 0.138. The highest BCUT2D eigenvalue weighted by Gasteiger charge is 2.03. The van der Waals surface area contributed by atoms with Gasteiger partial charge in [0.25, 0.3) is 0 Å². The summed E-state index contributed by atoms with van der Waals surface area (Å²) in [7, 11) is 0. The zero-order valence-electron chi connectivity index (χ0n) is 9.11. The number of nitrogens with zero attached hydrogens (tertiary/aromatic N) is 3. The van der Waals surface area contributed by atoms with E-state index in [0.717, 1.165) is 5.56 Å². The zero-order chi connectivity index (χ0) is 12.3. The van der Waals surface area contributed by atoms with Crippen LogP contribution < -0.4 is 5.32 Å². The Morgan fingerprint density at radius 3 is 2.65 bits per heavy atom. The fourth-order valence-electron chi connectivity index (χ4n) is 1.41. The fraction of sp³-hybridized carbons (Fsp3) is 0.0833. The van der Waals surface area contributed by atoms with Crippen molar-refractivity contribution in [2.24, 2.45) is 0 Å². The van der Waals surface area contributed by atoms with Gasteiger partial charge in [0.15, 0.2) is 12.0 Å². The van der Waals surface area contributed by atoms with Crippen molar-refractivity contribution in [3.05, 3.63) is 41.7 Å². The van der Waals surface area contributed by atoms with Crippen molar-refractivity contribution in [2.75, 3.05) is 5.32 Å². The van der Waals surface area contributed by atoms with E-state index in [-0.39, 0.29) is 5.82 Å². The van der Waals surface area contributed by atoms with Crippen LogP contribution in [-0.2, 0) is 0 Å². The number of aromatic nitrogens is 2. The van der Waals surface area contributed by atoms with Gasteiger partial charge in [0.05, 0.1) is 5.69 Å². The first-order chi connectivity index (χ1) is 8.20. The van der Waals surface area contributed by atoms with Crippen molar-refractivity contribution in [2.45, 2.75) is 6.92 Å². The van der Waals surface area contributed by atoms with Gasteiger partial charge in [0.2, 0.25) is 0 Å². The number of benzene rings is 1. The molecule has 1 aromatic heterocycles. The Morgan fingerprint density at radius 2 is 2.06 bits per heavy atom. The molecule has 1 N–H and O–H groups in total. The Bertz CT molecular complexity index is 572. The molecule has 84 valence electrons. The lowest BCUT2D eigenvalue weighted by Crippen LogP contribution is -1.95. The van der Waals surface area contributed by atoms with Crippen LogP contribution in [-0.4, -0.2) is 10.2 Å². The second kappa shape index (κ2) is 4.58. The highest BCUT2D eigenvalue weighted by atomic mass is 19.1. The molecule has 4 nitrogen and oxygen atoms in total. The summed E-state index contributed by atoms with van der Waals surface area (Å²) in [4.78, 5) is 0. The molecule has 1 aromatic carbocycles. The monoisotopic (exact) mass is 228 g/mol. The smallest absolute Gasteiger partial charge is 0.182 e. The van der Waals surface area contributed by atoms with E-state index < -0.39 is 0 Å². The van der Waals surface area contributed by atoms with Crippen LogP contribution in [0.15, 0.2) is 30.3 Å². The zero-order valence-corrected chi connectivity index (χ0v) is 9.11. The molecule has 0 aliphatic carbocycles. The summed E-state index contributed by atoms with van der Waals surface area (Å²) in [5.41, 5.74) is 1.99. The Balaban J connectivity index is 2.33. The predicted molar refractivity (Wildman–Crippen MR) is 61.4 cm³/mol. The number of aryl methyl sites for hydroxylation is 1. The number of anilines is 1. The topological polar surface area (TPSA) is 61.6 Å². The Morgan fingerprint density at radius 1 is 1.24 bits per heavy atom. The average Bonchev–Trinajstić information content (AvgIpc) is 2.34. The second-order valence-corrected chi connectivity index (χ2v) is 3.50. The summed E-state index contributed by atoms with van der Waals surface area (Å²) in [6, 6.07) is 8.11. The maximum absolute atomic E-state index is 13.1. The lowest BCUT2D eigenvalue weighted by molar-refractivity contribution is 0.618. The first-order valence-corrected chi connectivity index (χ1v) is 4.96. The van der Waals surface area contributed by atoms with Crippen LogP contribution in [0.3, 0.4) is 0 Å². The van der Waals surface area contributed by atoms with E-state index in [1.807, 2.05) is 0 Å². The third-order valence-corrected chi connectivity index (χ3v) is 2.30. The van der Waals surface area contributed by atoms with Gasteiger partial charge in [-0.1, -0.05) is 0 Å². The van der Waals surface area contributed by atoms with Gasteiger partial charge in [-0.3, -0.25) is 5.32 Å². The van der Waals surface area contributed by atoms with Crippen LogP contribution in [0.25, 0.3) is 11.3 Å². The first-order valence-electron chi connectivity index (χ1n) is 4.96. The average molecular weight is 228 g/mol. The minimum Gasteiger partial charge on any atom is -0.275 e. The van der Waals surface area contributed by atoms with Crippen LogP contribution in [0.1, 0.15) is 5.56 Å². The lowest BCUT2D eigenvalue weighted by Gasteiger charge is -2.03. The number of hydrogen-bond donors (Lipinski definition) is 1. The molecule has 0 fully saturated rings. The SMILES string of the molecule is Cc1cc(-c2ccc(NC#N)nn2)ccc1F. The van der Waals surface area contributed by atoms with Gasteiger partial charge in [-0.15, -0.1) is 10.2 Å². The van der Waals surface area contributed by atoms with E-state index in [1.54, 1.807) is 37.4 Å². The van der Waals surface area contributed by atoms with Crippen LogP contribution in [0.4, 0.5) is 10.2 Å². The van der Waals surface area contributed by atoms with Gasteiger partial charge < -0.3 is 0 Å². The standard InChI is InChI=1S/C12H9FN4/c1-8-6-9(2-3-10(8)13)11-4-5-12(15-7-14)17-16-11/h2-6H,1H3,(H,15,17). The molecule has 0 aliphatic heterocycles. The molecule has 2 aromatic rings. The first kappa shape index (κ1) is 11.0.